The molecule has 0 amide bonds. The van der Waals surface area contributed by atoms with Crippen molar-refractivity contribution in [2.75, 3.05) is 0 Å². The summed E-state index contributed by atoms with van der Waals surface area (Å²) in [4.78, 5) is 23.2. The van der Waals surface area contributed by atoms with Crippen LogP contribution in [-0.4, -0.2) is 20.4 Å². The Bertz CT molecular complexity index is 290. The van der Waals surface area contributed by atoms with Crippen molar-refractivity contribution >= 4 is 20.4 Å². The normalized spacial score (nSPS) is 10.8. The van der Waals surface area contributed by atoms with Crippen molar-refractivity contribution in [1.29, 1.82) is 0 Å². The molecule has 0 aliphatic heterocycles. The van der Waals surface area contributed by atoms with Crippen LogP contribution in [0.1, 0.15) is 35.1 Å². The van der Waals surface area contributed by atoms with Gasteiger partial charge in [0.25, 0.3) is 0 Å². The average Bonchev–Trinajstić information content (AvgIpc) is 2.73. The van der Waals surface area contributed by atoms with Crippen molar-refractivity contribution in [3.8, 4) is 0 Å². The van der Waals surface area contributed by atoms with Crippen LogP contribution in [0.3, 0.4) is 0 Å². The molecule has 18 heavy (non-hydrogen) atoms. The molecule has 96 valence electrons. The van der Waals surface area contributed by atoms with E-state index in [-0.39, 0.29) is 21.7 Å². The van der Waals surface area contributed by atoms with E-state index in [1.807, 2.05) is 0 Å². The second-order valence-corrected chi connectivity index (χ2v) is 3.67. The zero-order valence-electron chi connectivity index (χ0n) is 10.9. The quantitative estimate of drug-likeness (QED) is 0.416. The summed E-state index contributed by atoms with van der Waals surface area (Å²) >= 11 is 0. The molecule has 1 aliphatic carbocycles. The van der Waals surface area contributed by atoms with E-state index in [4.69, 9.17) is 14.4 Å². The molecule has 2 rings (SSSR count). The molecule has 4 heteroatoms. The third kappa shape index (κ3) is 6.13. The van der Waals surface area contributed by atoms with E-state index in [0.29, 0.717) is 0 Å². The molecule has 1 aliphatic rings. The van der Waals surface area contributed by atoms with Crippen molar-refractivity contribution < 1.29 is 36.1 Å². The monoisotopic (exact) mass is 282 g/mol. The van der Waals surface area contributed by atoms with Crippen molar-refractivity contribution in [3.05, 3.63) is 28.3 Å². The Kier molecular flexibility index (Phi) is 17.5. The molecule has 0 bridgehead atoms. The molecule has 3 nitrogen and oxygen atoms in total. The van der Waals surface area contributed by atoms with Crippen molar-refractivity contribution in [3.63, 3.8) is 0 Å². The fourth-order valence-electron chi connectivity index (χ4n) is 2.27. The average molecular weight is 282 g/mol. The SMILES string of the molecule is Cc1c[c-](C)c2c1CCCC2.[CH-]=O.[CH-]=O.[CH-]=O.[Ti+4]. The van der Waals surface area contributed by atoms with Crippen LogP contribution in [-0.2, 0) is 48.9 Å². The molecule has 1 aromatic carbocycles. The topological polar surface area (TPSA) is 51.2 Å². The molecular formula is C14H18O3Ti. The van der Waals surface area contributed by atoms with Crippen LogP contribution in [0, 0.1) is 13.8 Å². The number of fused-ring (bicyclic) bond motifs is 1. The summed E-state index contributed by atoms with van der Waals surface area (Å²) in [5.41, 5.74) is 6.37. The van der Waals surface area contributed by atoms with Gasteiger partial charge >= 0.3 is 21.7 Å². The van der Waals surface area contributed by atoms with Crippen LogP contribution in [0.25, 0.3) is 0 Å². The summed E-state index contributed by atoms with van der Waals surface area (Å²) in [5.74, 6) is 0. The van der Waals surface area contributed by atoms with Gasteiger partial charge in [0.2, 0.25) is 0 Å². The van der Waals surface area contributed by atoms with Gasteiger partial charge in [-0.05, 0) is 0 Å². The Labute approximate surface area is 124 Å². The van der Waals surface area contributed by atoms with Crippen LogP contribution in [0.15, 0.2) is 6.07 Å². The van der Waals surface area contributed by atoms with Crippen molar-refractivity contribution in [2.24, 2.45) is 0 Å². The first-order valence-electron chi connectivity index (χ1n) is 5.24. The summed E-state index contributed by atoms with van der Waals surface area (Å²) in [6, 6.07) is 2.34. The predicted molar refractivity (Wildman–Crippen MR) is 68.4 cm³/mol. The molecule has 0 fully saturated rings. The minimum Gasteiger partial charge on any atom is -0.545 e. The van der Waals surface area contributed by atoms with E-state index in [1.54, 1.807) is 11.1 Å². The largest absolute Gasteiger partial charge is 4.00 e. The fourth-order valence-corrected chi connectivity index (χ4v) is 2.27. The van der Waals surface area contributed by atoms with Gasteiger partial charge in [0, 0.05) is 0 Å². The van der Waals surface area contributed by atoms with Crippen LogP contribution in [0.5, 0.6) is 0 Å². The molecule has 0 unspecified atom stereocenters. The van der Waals surface area contributed by atoms with Crippen molar-refractivity contribution in [2.45, 2.75) is 39.5 Å². The molecular weight excluding hydrogens is 264 g/mol. The molecule has 0 heterocycles. The Morgan fingerprint density at radius 2 is 1.44 bits per heavy atom. The van der Waals surface area contributed by atoms with E-state index in [1.165, 1.54) is 36.8 Å². The van der Waals surface area contributed by atoms with E-state index >= 15 is 0 Å². The Balaban J connectivity index is -0.000000285. The first kappa shape index (κ1) is 22.3. The maximum atomic E-state index is 7.75. The van der Waals surface area contributed by atoms with Crippen LogP contribution in [0.2, 0.25) is 0 Å². The summed E-state index contributed by atoms with van der Waals surface area (Å²) in [6.45, 7) is 14.2. The zero-order chi connectivity index (χ0) is 13.8. The minimum absolute atomic E-state index is 0. The van der Waals surface area contributed by atoms with Gasteiger partial charge in [0.15, 0.2) is 0 Å². The molecule has 0 spiro atoms. The van der Waals surface area contributed by atoms with E-state index < -0.39 is 0 Å². The number of hydrogen-bond donors (Lipinski definition) is 0. The molecule has 0 atom stereocenters. The first-order valence-corrected chi connectivity index (χ1v) is 5.24. The summed E-state index contributed by atoms with van der Waals surface area (Å²) in [5, 5.41) is 0. The Morgan fingerprint density at radius 1 is 1.00 bits per heavy atom. The summed E-state index contributed by atoms with van der Waals surface area (Å²) < 4.78 is 0. The smallest absolute Gasteiger partial charge is 0.545 e. The van der Waals surface area contributed by atoms with Gasteiger partial charge < -0.3 is 14.4 Å². The van der Waals surface area contributed by atoms with Crippen molar-refractivity contribution in [1.82, 2.24) is 0 Å². The molecule has 0 saturated heterocycles. The van der Waals surface area contributed by atoms with Gasteiger partial charge in [-0.15, -0.1) is 0 Å². The predicted octanol–water partition coefficient (Wildman–Crippen LogP) is 2.08. The third-order valence-electron chi connectivity index (χ3n) is 2.85. The molecule has 0 N–H and O–H groups in total. The van der Waals surface area contributed by atoms with E-state index in [2.05, 4.69) is 40.3 Å². The maximum absolute atomic E-state index is 7.75. The van der Waals surface area contributed by atoms with Crippen LogP contribution in [0.4, 0.5) is 0 Å². The Morgan fingerprint density at radius 3 is 1.89 bits per heavy atom. The number of aryl methyl sites for hydroxylation is 2. The summed E-state index contributed by atoms with van der Waals surface area (Å²) in [6.07, 6.45) is 5.46. The third-order valence-corrected chi connectivity index (χ3v) is 2.85. The number of carbonyl (C=O) groups excluding carboxylic acids is 3. The maximum Gasteiger partial charge on any atom is 4.00 e. The van der Waals surface area contributed by atoms with Crippen LogP contribution < -0.4 is 0 Å². The van der Waals surface area contributed by atoms with Gasteiger partial charge in [0.1, 0.15) is 0 Å². The van der Waals surface area contributed by atoms with Gasteiger partial charge in [-0.3, -0.25) is 20.4 Å². The fraction of sp³-hybridized carbons (Fsp3) is 0.429. The van der Waals surface area contributed by atoms with Gasteiger partial charge in [-0.1, -0.05) is 39.5 Å². The Hall–Kier alpha value is -0.926. The second kappa shape index (κ2) is 14.1. The second-order valence-electron chi connectivity index (χ2n) is 3.67. The van der Waals surface area contributed by atoms with Gasteiger partial charge in [-0.2, -0.15) is 28.3 Å². The molecule has 0 saturated carbocycles. The van der Waals surface area contributed by atoms with E-state index in [9.17, 15) is 0 Å². The first-order chi connectivity index (χ1) is 8.29. The van der Waals surface area contributed by atoms with Gasteiger partial charge in [0.05, 0.1) is 0 Å². The van der Waals surface area contributed by atoms with Crippen LogP contribution >= 0.6 is 0 Å². The molecule has 0 aromatic heterocycles. The standard InChI is InChI=1S/C11H15.3CHO.Ti/c1-8-7-9(2)11-6-4-3-5-10(8)11;3*1-2;/h7H,3-6H2,1-2H3;3*1H;/q4*-1;+4. The summed E-state index contributed by atoms with van der Waals surface area (Å²) in [7, 11) is 0. The molecule has 0 radical (unpaired) electrons. The molecule has 1 aromatic rings. The van der Waals surface area contributed by atoms with E-state index in [0.717, 1.165) is 0 Å². The minimum atomic E-state index is 0. The zero-order valence-corrected chi connectivity index (χ0v) is 12.4. The number of rotatable bonds is 0. The number of hydrogen-bond acceptors (Lipinski definition) is 3. The van der Waals surface area contributed by atoms with Gasteiger partial charge in [-0.25, -0.2) is 0 Å².